The number of aromatic hydroxyl groups is 1. The van der Waals surface area contributed by atoms with E-state index in [9.17, 15) is 32.7 Å². The number of carbonyl (C=O) groups excluding carboxylic acids is 2. The van der Waals surface area contributed by atoms with Gasteiger partial charge in [0.05, 0.1) is 5.56 Å². The van der Waals surface area contributed by atoms with Crippen LogP contribution >= 0.6 is 0 Å². The molecule has 4 heterocycles. The highest BCUT2D eigenvalue weighted by Gasteiger charge is 2.51. The summed E-state index contributed by atoms with van der Waals surface area (Å²) in [7, 11) is 1.62. The number of pyridine rings is 1. The minimum absolute atomic E-state index is 0.206. The predicted octanol–water partition coefficient (Wildman–Crippen LogP) is 2.18. The number of aromatic nitrogens is 1. The molecule has 10 heteroatoms. The molecule has 2 aromatic rings. The third-order valence-corrected chi connectivity index (χ3v) is 6.81. The Morgan fingerprint density at radius 2 is 1.81 bits per heavy atom. The third kappa shape index (κ3) is 2.92. The first-order valence-corrected chi connectivity index (χ1v) is 10.4. The summed E-state index contributed by atoms with van der Waals surface area (Å²) >= 11 is 0. The zero-order valence-electron chi connectivity index (χ0n) is 17.1. The third-order valence-electron chi connectivity index (χ3n) is 6.81. The van der Waals surface area contributed by atoms with Crippen LogP contribution in [0.2, 0.25) is 0 Å². The van der Waals surface area contributed by atoms with E-state index in [2.05, 4.69) is 0 Å². The highest BCUT2D eigenvalue weighted by Crippen LogP contribution is 2.45. The normalized spacial score (nSPS) is 23.5. The number of nitrogens with zero attached hydrogens (tertiary/aromatic N) is 3. The Hall–Kier alpha value is -3.30. The quantitative estimate of drug-likeness (QED) is 0.727. The van der Waals surface area contributed by atoms with E-state index >= 15 is 0 Å². The number of piperidine rings is 2. The summed E-state index contributed by atoms with van der Waals surface area (Å²) in [5.41, 5.74) is -2.05. The molecule has 1 amide bonds. The molecule has 1 saturated carbocycles. The van der Waals surface area contributed by atoms with Crippen LogP contribution in [0.15, 0.2) is 23.1 Å². The summed E-state index contributed by atoms with van der Waals surface area (Å²) in [5.74, 6) is -4.71. The van der Waals surface area contributed by atoms with E-state index in [1.54, 1.807) is 7.05 Å². The molecule has 1 aliphatic carbocycles. The molecular weight excluding hydrogens is 427 g/mol. The number of amides is 1. The number of benzene rings is 1. The summed E-state index contributed by atoms with van der Waals surface area (Å²) in [6, 6.07) is 1.04. The number of rotatable bonds is 4. The van der Waals surface area contributed by atoms with Crippen molar-refractivity contribution in [3.63, 3.8) is 0 Å². The van der Waals surface area contributed by atoms with Gasteiger partial charge in [0.15, 0.2) is 17.2 Å². The lowest BCUT2D eigenvalue weighted by molar-refractivity contribution is -0.0000676. The molecule has 0 unspecified atom stereocenters. The van der Waals surface area contributed by atoms with Gasteiger partial charge in [-0.2, -0.15) is 0 Å². The van der Waals surface area contributed by atoms with Gasteiger partial charge in [-0.15, -0.1) is 0 Å². The molecule has 3 aliphatic heterocycles. The standard InChI is InChI=1S/C22H20F3N3O4/c1-26-21-11-4-10(5-11)8-28(21)27-9-14(19(30)20(31)18(27)22(26)32)17(29)3-2-13-15(24)6-12(23)7-16(13)25/h6-7,9-11,21,31H,2-5,8H2,1H3/t10?,11?,21-/m0/s1. The molecule has 6 rings (SSSR count). The summed E-state index contributed by atoms with van der Waals surface area (Å²) in [5, 5.41) is 12.4. The van der Waals surface area contributed by atoms with Crippen LogP contribution in [-0.2, 0) is 6.42 Å². The van der Waals surface area contributed by atoms with Crippen LogP contribution in [0.5, 0.6) is 5.75 Å². The van der Waals surface area contributed by atoms with Crippen LogP contribution < -0.4 is 10.4 Å². The maximum atomic E-state index is 13.9. The molecule has 0 radical (unpaired) electrons. The first-order chi connectivity index (χ1) is 15.2. The fraction of sp³-hybridized carbons (Fsp3) is 0.409. The SMILES string of the molecule is CN1C(=O)c2c(O)c(=O)c(C(=O)CCc3c(F)cc(F)cc3F)cn2N2CC3CC(C3)[C@@H]12. The topological polar surface area (TPSA) is 82.9 Å². The average Bonchev–Trinajstić information content (AvgIpc) is 2.71. The van der Waals surface area contributed by atoms with Crippen LogP contribution in [0.4, 0.5) is 13.2 Å². The Labute approximate surface area is 180 Å². The minimum Gasteiger partial charge on any atom is -0.502 e. The zero-order chi connectivity index (χ0) is 22.9. The van der Waals surface area contributed by atoms with E-state index in [0.717, 1.165) is 12.8 Å². The Balaban J connectivity index is 1.49. The van der Waals surface area contributed by atoms with Gasteiger partial charge in [-0.05, 0) is 25.2 Å². The van der Waals surface area contributed by atoms with Crippen molar-refractivity contribution in [3.05, 3.63) is 62.8 Å². The summed E-state index contributed by atoms with van der Waals surface area (Å²) in [4.78, 5) is 39.9. The van der Waals surface area contributed by atoms with E-state index in [4.69, 9.17) is 0 Å². The number of hydrogen-bond donors (Lipinski definition) is 1. The van der Waals surface area contributed by atoms with Gasteiger partial charge in [0.1, 0.15) is 23.6 Å². The van der Waals surface area contributed by atoms with Gasteiger partial charge in [-0.1, -0.05) is 0 Å². The van der Waals surface area contributed by atoms with E-state index in [1.165, 1.54) is 15.8 Å². The second kappa shape index (κ2) is 7.11. The molecule has 2 bridgehead atoms. The smallest absolute Gasteiger partial charge is 0.277 e. The molecule has 2 saturated heterocycles. The van der Waals surface area contributed by atoms with E-state index < -0.39 is 58.7 Å². The van der Waals surface area contributed by atoms with Crippen LogP contribution in [0.3, 0.4) is 0 Å². The number of hydrogen-bond acceptors (Lipinski definition) is 5. The molecule has 168 valence electrons. The van der Waals surface area contributed by atoms with Crippen molar-refractivity contribution >= 4 is 11.7 Å². The van der Waals surface area contributed by atoms with Gasteiger partial charge in [-0.3, -0.25) is 24.1 Å². The minimum atomic E-state index is -1.12. The highest BCUT2D eigenvalue weighted by atomic mass is 19.1. The van der Waals surface area contributed by atoms with Gasteiger partial charge in [0.2, 0.25) is 5.43 Å². The van der Waals surface area contributed by atoms with Crippen LogP contribution in [0.1, 0.15) is 45.7 Å². The monoisotopic (exact) mass is 447 g/mol. The molecule has 7 nitrogen and oxygen atoms in total. The van der Waals surface area contributed by atoms with Crippen molar-refractivity contribution in [2.75, 3.05) is 18.6 Å². The van der Waals surface area contributed by atoms with Gasteiger partial charge in [0.25, 0.3) is 5.91 Å². The fourth-order valence-corrected chi connectivity index (χ4v) is 5.19. The van der Waals surface area contributed by atoms with Crippen molar-refractivity contribution in [2.45, 2.75) is 31.8 Å². The number of halogens is 3. The number of fused-ring (bicyclic) bond motifs is 1. The maximum absolute atomic E-state index is 13.9. The molecule has 3 fully saturated rings. The Bertz CT molecular complexity index is 1200. The summed E-state index contributed by atoms with van der Waals surface area (Å²) < 4.78 is 42.3. The van der Waals surface area contributed by atoms with Gasteiger partial charge < -0.3 is 10.0 Å². The van der Waals surface area contributed by atoms with Crippen molar-refractivity contribution in [1.82, 2.24) is 9.58 Å². The van der Waals surface area contributed by atoms with E-state index in [-0.39, 0.29) is 23.3 Å². The van der Waals surface area contributed by atoms with E-state index in [1.807, 2.05) is 5.01 Å². The van der Waals surface area contributed by atoms with Crippen molar-refractivity contribution < 1.29 is 27.9 Å². The first kappa shape index (κ1) is 20.6. The van der Waals surface area contributed by atoms with Gasteiger partial charge >= 0.3 is 0 Å². The molecule has 1 N–H and O–H groups in total. The van der Waals surface area contributed by atoms with Crippen molar-refractivity contribution in [3.8, 4) is 5.75 Å². The molecule has 32 heavy (non-hydrogen) atoms. The van der Waals surface area contributed by atoms with Crippen LogP contribution in [0.25, 0.3) is 0 Å². The molecule has 4 aliphatic rings. The Morgan fingerprint density at radius 3 is 2.47 bits per heavy atom. The first-order valence-electron chi connectivity index (χ1n) is 10.4. The maximum Gasteiger partial charge on any atom is 0.277 e. The zero-order valence-corrected chi connectivity index (χ0v) is 17.1. The van der Waals surface area contributed by atoms with Crippen LogP contribution in [-0.4, -0.2) is 46.1 Å². The van der Waals surface area contributed by atoms with Gasteiger partial charge in [0, 0.05) is 49.8 Å². The number of Topliss-reactive ketones (excluding diaryl/α,β-unsaturated/α-hetero) is 1. The Morgan fingerprint density at radius 1 is 1.16 bits per heavy atom. The lowest BCUT2D eigenvalue weighted by atomic mass is 9.69. The average molecular weight is 447 g/mol. The molecular formula is C22H20F3N3O4. The lowest BCUT2D eigenvalue weighted by Gasteiger charge is -2.58. The predicted molar refractivity (Wildman–Crippen MR) is 107 cm³/mol. The number of ketones is 1. The summed E-state index contributed by atoms with van der Waals surface area (Å²) in [6.45, 7) is 0.605. The molecule has 1 aromatic heterocycles. The van der Waals surface area contributed by atoms with Gasteiger partial charge in [-0.25, -0.2) is 13.2 Å². The Kier molecular flexibility index (Phi) is 4.58. The fourth-order valence-electron chi connectivity index (χ4n) is 5.19. The van der Waals surface area contributed by atoms with E-state index in [0.29, 0.717) is 24.6 Å². The largest absolute Gasteiger partial charge is 0.502 e. The summed E-state index contributed by atoms with van der Waals surface area (Å²) in [6.07, 6.45) is 2.14. The molecule has 1 aromatic carbocycles. The lowest BCUT2D eigenvalue weighted by Crippen LogP contribution is -2.70. The highest BCUT2D eigenvalue weighted by molar-refractivity contribution is 6.00. The van der Waals surface area contributed by atoms with Crippen molar-refractivity contribution in [2.24, 2.45) is 11.8 Å². The van der Waals surface area contributed by atoms with Crippen molar-refractivity contribution in [1.29, 1.82) is 0 Å². The van der Waals surface area contributed by atoms with Crippen LogP contribution in [0, 0.1) is 29.3 Å². The molecule has 1 atom stereocenters. The number of carbonyl (C=O) groups is 2. The second-order valence-electron chi connectivity index (χ2n) is 8.73. The molecule has 0 spiro atoms. The second-order valence-corrected chi connectivity index (χ2v) is 8.73.